The number of hydrogen-bond acceptors (Lipinski definition) is 3. The molecule has 0 spiro atoms. The van der Waals surface area contributed by atoms with Crippen LogP contribution in [0, 0.1) is 23.0 Å². The van der Waals surface area contributed by atoms with Gasteiger partial charge in [0, 0.05) is 19.2 Å². The van der Waals surface area contributed by atoms with E-state index in [1.54, 1.807) is 11.9 Å². The van der Waals surface area contributed by atoms with Crippen molar-refractivity contribution in [1.29, 1.82) is 5.26 Å². The van der Waals surface area contributed by atoms with Crippen molar-refractivity contribution < 1.29 is 13.5 Å². The minimum Gasteiger partial charge on any atom is -0.489 e. The van der Waals surface area contributed by atoms with E-state index >= 15 is 0 Å². The maximum atomic E-state index is 13.6. The van der Waals surface area contributed by atoms with Gasteiger partial charge in [0.1, 0.15) is 23.9 Å². The molecule has 0 saturated carbocycles. The van der Waals surface area contributed by atoms with Gasteiger partial charge in [-0.05, 0) is 0 Å². The molecule has 16 heavy (non-hydrogen) atoms. The fourth-order valence-electron chi connectivity index (χ4n) is 1.78. The summed E-state index contributed by atoms with van der Waals surface area (Å²) in [7, 11) is 1.67. The molecule has 0 N–H and O–H groups in total. The summed E-state index contributed by atoms with van der Waals surface area (Å²) in [4.78, 5) is 1.62. The fourth-order valence-corrected chi connectivity index (χ4v) is 1.78. The summed E-state index contributed by atoms with van der Waals surface area (Å²) in [6, 6.07) is 3.78. The van der Waals surface area contributed by atoms with E-state index in [4.69, 9.17) is 10.00 Å². The van der Waals surface area contributed by atoms with Crippen molar-refractivity contribution in [1.82, 2.24) is 0 Å². The highest BCUT2D eigenvalue weighted by Crippen LogP contribution is 2.36. The summed E-state index contributed by atoms with van der Waals surface area (Å²) in [5, 5.41) is 8.61. The smallest absolute Gasteiger partial charge is 0.153 e. The minimum absolute atomic E-state index is 0.189. The molecule has 84 valence electrons. The lowest BCUT2D eigenvalue weighted by Gasteiger charge is -2.34. The standard InChI is InChI=1S/C11H10F2N2O/c1-15-8(2-3-14)6-16-10-5-7(12)4-9(13)11(10)15/h4-5,8H,2,6H2,1H3. The zero-order valence-electron chi connectivity index (χ0n) is 8.70. The van der Waals surface area contributed by atoms with Crippen LogP contribution in [0.2, 0.25) is 0 Å². The first-order valence-corrected chi connectivity index (χ1v) is 4.85. The third-order valence-electron chi connectivity index (χ3n) is 2.65. The first-order chi connectivity index (χ1) is 7.63. The molecule has 1 heterocycles. The highest BCUT2D eigenvalue weighted by molar-refractivity contribution is 5.61. The molecule has 0 aromatic heterocycles. The van der Waals surface area contributed by atoms with Gasteiger partial charge >= 0.3 is 0 Å². The van der Waals surface area contributed by atoms with Crippen LogP contribution in [0.15, 0.2) is 12.1 Å². The Morgan fingerprint density at radius 1 is 1.56 bits per heavy atom. The Morgan fingerprint density at radius 2 is 2.31 bits per heavy atom. The molecule has 1 aromatic rings. The van der Waals surface area contributed by atoms with Crippen molar-refractivity contribution in [3.8, 4) is 11.8 Å². The molecule has 0 radical (unpaired) electrons. The molecular weight excluding hydrogens is 214 g/mol. The quantitative estimate of drug-likeness (QED) is 0.732. The molecule has 1 aliphatic rings. The van der Waals surface area contributed by atoms with Gasteiger partial charge in [-0.1, -0.05) is 0 Å². The van der Waals surface area contributed by atoms with Crippen molar-refractivity contribution in [3.63, 3.8) is 0 Å². The van der Waals surface area contributed by atoms with E-state index in [2.05, 4.69) is 0 Å². The number of ether oxygens (including phenoxy) is 1. The normalized spacial score (nSPS) is 18.6. The number of anilines is 1. The Morgan fingerprint density at radius 3 is 3.00 bits per heavy atom. The van der Waals surface area contributed by atoms with Gasteiger partial charge < -0.3 is 9.64 Å². The highest BCUT2D eigenvalue weighted by Gasteiger charge is 2.28. The molecule has 2 rings (SSSR count). The van der Waals surface area contributed by atoms with Gasteiger partial charge in [-0.2, -0.15) is 5.26 Å². The molecule has 1 aromatic carbocycles. The zero-order chi connectivity index (χ0) is 11.7. The fraction of sp³-hybridized carbons (Fsp3) is 0.364. The van der Waals surface area contributed by atoms with E-state index in [1.165, 1.54) is 0 Å². The molecule has 5 heteroatoms. The topological polar surface area (TPSA) is 36.3 Å². The van der Waals surface area contributed by atoms with E-state index in [0.29, 0.717) is 0 Å². The van der Waals surface area contributed by atoms with E-state index in [9.17, 15) is 8.78 Å². The summed E-state index contributed by atoms with van der Waals surface area (Å²) in [5.41, 5.74) is 0.216. The minimum atomic E-state index is -0.667. The predicted octanol–water partition coefficient (Wildman–Crippen LogP) is 2.08. The van der Waals surface area contributed by atoms with Crippen molar-refractivity contribution >= 4 is 5.69 Å². The lowest BCUT2D eigenvalue weighted by Crippen LogP contribution is -2.40. The van der Waals surface area contributed by atoms with Gasteiger partial charge in [0.05, 0.1) is 18.5 Å². The largest absolute Gasteiger partial charge is 0.489 e. The number of benzene rings is 1. The maximum Gasteiger partial charge on any atom is 0.153 e. The summed E-state index contributed by atoms with van der Waals surface area (Å²) in [6.07, 6.45) is 0.243. The van der Waals surface area contributed by atoms with Crippen LogP contribution >= 0.6 is 0 Å². The molecule has 0 aliphatic carbocycles. The highest BCUT2D eigenvalue weighted by atomic mass is 19.1. The Hall–Kier alpha value is -1.83. The second-order valence-corrected chi connectivity index (χ2v) is 3.67. The van der Waals surface area contributed by atoms with Crippen molar-refractivity contribution in [3.05, 3.63) is 23.8 Å². The summed E-state index contributed by atoms with van der Waals surface area (Å²) in [5.74, 6) is -1.14. The number of fused-ring (bicyclic) bond motifs is 1. The van der Waals surface area contributed by atoms with Crippen molar-refractivity contribution in [2.45, 2.75) is 12.5 Å². The zero-order valence-corrected chi connectivity index (χ0v) is 8.70. The number of halogens is 2. The molecular formula is C11H10F2N2O. The van der Waals surface area contributed by atoms with Crippen LogP contribution in [-0.4, -0.2) is 19.7 Å². The molecule has 0 saturated heterocycles. The van der Waals surface area contributed by atoms with Crippen LogP contribution in [0.1, 0.15) is 6.42 Å². The monoisotopic (exact) mass is 224 g/mol. The number of hydrogen-bond donors (Lipinski definition) is 0. The maximum absolute atomic E-state index is 13.6. The molecule has 1 aliphatic heterocycles. The molecule has 0 fully saturated rings. The van der Waals surface area contributed by atoms with Crippen molar-refractivity contribution in [2.24, 2.45) is 0 Å². The van der Waals surface area contributed by atoms with Crippen LogP contribution in [0.3, 0.4) is 0 Å². The van der Waals surface area contributed by atoms with Crippen LogP contribution in [-0.2, 0) is 0 Å². The summed E-state index contributed by atoms with van der Waals surface area (Å²) >= 11 is 0. The van der Waals surface area contributed by atoms with Gasteiger partial charge in [-0.15, -0.1) is 0 Å². The third-order valence-corrected chi connectivity index (χ3v) is 2.65. The van der Waals surface area contributed by atoms with E-state index in [-0.39, 0.29) is 30.5 Å². The van der Waals surface area contributed by atoms with Crippen LogP contribution in [0.25, 0.3) is 0 Å². The molecule has 1 atom stereocenters. The summed E-state index contributed by atoms with van der Waals surface area (Å²) < 4.78 is 31.7. The second kappa shape index (κ2) is 3.97. The SMILES string of the molecule is CN1c2c(F)cc(F)cc2OCC1CC#N. The second-order valence-electron chi connectivity index (χ2n) is 3.67. The van der Waals surface area contributed by atoms with Crippen LogP contribution in [0.4, 0.5) is 14.5 Å². The van der Waals surface area contributed by atoms with E-state index < -0.39 is 11.6 Å². The van der Waals surface area contributed by atoms with Crippen LogP contribution in [0.5, 0.6) is 5.75 Å². The van der Waals surface area contributed by atoms with Gasteiger partial charge in [0.15, 0.2) is 5.82 Å². The van der Waals surface area contributed by atoms with E-state index in [1.807, 2.05) is 6.07 Å². The van der Waals surface area contributed by atoms with E-state index in [0.717, 1.165) is 12.1 Å². The first-order valence-electron chi connectivity index (χ1n) is 4.85. The van der Waals surface area contributed by atoms with Gasteiger partial charge in [-0.25, -0.2) is 8.78 Å². The predicted molar refractivity (Wildman–Crippen MR) is 54.3 cm³/mol. The van der Waals surface area contributed by atoms with Crippen LogP contribution < -0.4 is 9.64 Å². The lowest BCUT2D eigenvalue weighted by atomic mass is 10.1. The third kappa shape index (κ3) is 1.67. The first kappa shape index (κ1) is 10.7. The average Bonchev–Trinajstić information content (AvgIpc) is 2.21. The number of nitriles is 1. The Bertz CT molecular complexity index is 456. The summed E-state index contributed by atoms with van der Waals surface area (Å²) in [6.45, 7) is 0.264. The number of rotatable bonds is 1. The number of likely N-dealkylation sites (N-methyl/N-ethyl adjacent to an activating group) is 1. The van der Waals surface area contributed by atoms with Gasteiger partial charge in [0.2, 0.25) is 0 Å². The lowest BCUT2D eigenvalue weighted by molar-refractivity contribution is 0.263. The average molecular weight is 224 g/mol. The number of nitrogens with zero attached hydrogens (tertiary/aromatic N) is 2. The Labute approximate surface area is 91.8 Å². The molecule has 0 bridgehead atoms. The van der Waals surface area contributed by atoms with Crippen molar-refractivity contribution in [2.75, 3.05) is 18.6 Å². The Kier molecular flexibility index (Phi) is 2.65. The van der Waals surface area contributed by atoms with Gasteiger partial charge in [-0.3, -0.25) is 0 Å². The molecule has 0 amide bonds. The molecule has 3 nitrogen and oxygen atoms in total. The van der Waals surface area contributed by atoms with Gasteiger partial charge in [0.25, 0.3) is 0 Å². The molecule has 1 unspecified atom stereocenters. The Balaban J connectivity index is 2.41.